The topological polar surface area (TPSA) is 9.23 Å². The van der Waals surface area contributed by atoms with Gasteiger partial charge in [0.05, 0.1) is 5.75 Å². The zero-order valence-electron chi connectivity index (χ0n) is 9.73. The minimum absolute atomic E-state index is 0. The molecule has 0 radical (unpaired) electrons. The summed E-state index contributed by atoms with van der Waals surface area (Å²) >= 11 is 0. The van der Waals surface area contributed by atoms with E-state index in [0.29, 0.717) is 0 Å². The van der Waals surface area contributed by atoms with Gasteiger partial charge in [-0.05, 0) is 30.2 Å². The first-order chi connectivity index (χ1) is 7.29. The van der Waals surface area contributed by atoms with Gasteiger partial charge in [-0.25, -0.2) is 0 Å². The second-order valence-corrected chi connectivity index (χ2v) is 3.53. The van der Waals surface area contributed by atoms with Crippen LogP contribution in [0.1, 0.15) is 13.0 Å². The first-order valence-electron chi connectivity index (χ1n) is 4.89. The molecule has 0 atom stereocenters. The molecule has 0 N–H and O–H groups in total. The standard InChI is InChI=1S/C14H13O.CH4.K/c1-11-3-5-12(6-4-11)13-7-9-14(15-2)10-8-13;;/h3-10H,2H2,1H3;1H4;/q-1;;+1. The summed E-state index contributed by atoms with van der Waals surface area (Å²) in [5, 5.41) is 0. The number of benzene rings is 2. The molecule has 0 aliphatic heterocycles. The van der Waals surface area contributed by atoms with Crippen LogP contribution in [0.15, 0.2) is 48.5 Å². The van der Waals surface area contributed by atoms with E-state index in [0.717, 1.165) is 5.75 Å². The van der Waals surface area contributed by atoms with Gasteiger partial charge in [-0.1, -0.05) is 49.4 Å². The van der Waals surface area contributed by atoms with Crippen molar-refractivity contribution in [3.8, 4) is 16.9 Å². The van der Waals surface area contributed by atoms with Crippen molar-refractivity contribution in [3.05, 3.63) is 61.2 Å². The van der Waals surface area contributed by atoms with Gasteiger partial charge in [0.1, 0.15) is 0 Å². The molecular formula is C15H17KO. The molecule has 0 saturated carbocycles. The van der Waals surface area contributed by atoms with E-state index in [9.17, 15) is 0 Å². The maximum Gasteiger partial charge on any atom is 1.00 e. The van der Waals surface area contributed by atoms with E-state index in [-0.39, 0.29) is 58.8 Å². The van der Waals surface area contributed by atoms with E-state index < -0.39 is 0 Å². The minimum Gasteiger partial charge on any atom is -0.665 e. The van der Waals surface area contributed by atoms with E-state index in [1.165, 1.54) is 16.7 Å². The Balaban J connectivity index is 0.00000128. The molecule has 2 aromatic carbocycles. The number of rotatable bonds is 2. The minimum atomic E-state index is 0. The zero-order valence-corrected chi connectivity index (χ0v) is 12.9. The molecule has 0 aliphatic carbocycles. The van der Waals surface area contributed by atoms with Crippen LogP contribution in [0.25, 0.3) is 11.1 Å². The van der Waals surface area contributed by atoms with E-state index in [1.807, 2.05) is 24.3 Å². The first kappa shape index (κ1) is 16.9. The van der Waals surface area contributed by atoms with E-state index in [2.05, 4.69) is 38.3 Å². The molecule has 0 saturated heterocycles. The molecule has 2 aromatic rings. The summed E-state index contributed by atoms with van der Waals surface area (Å²) in [6, 6.07) is 16.4. The Morgan fingerprint density at radius 2 is 1.24 bits per heavy atom. The normalized spacial score (nSPS) is 8.82. The van der Waals surface area contributed by atoms with Crippen LogP contribution in [-0.2, 0) is 0 Å². The second kappa shape index (κ2) is 8.06. The summed E-state index contributed by atoms with van der Waals surface area (Å²) in [6.45, 7) is 2.09. The molecule has 2 rings (SSSR count). The smallest absolute Gasteiger partial charge is 0.665 e. The summed E-state index contributed by atoms with van der Waals surface area (Å²) in [7, 11) is 3.37. The van der Waals surface area contributed by atoms with Crippen LogP contribution in [0.4, 0.5) is 0 Å². The summed E-state index contributed by atoms with van der Waals surface area (Å²) in [6.07, 6.45) is 0. The average Bonchev–Trinajstić information content (AvgIpc) is 2.30. The van der Waals surface area contributed by atoms with Crippen molar-refractivity contribution in [2.45, 2.75) is 14.4 Å². The predicted octanol–water partition coefficient (Wildman–Crippen LogP) is 1.47. The molecule has 0 aromatic heterocycles. The van der Waals surface area contributed by atoms with Crippen LogP contribution < -0.4 is 56.1 Å². The van der Waals surface area contributed by atoms with Gasteiger partial charge in [-0.3, -0.25) is 0 Å². The van der Waals surface area contributed by atoms with Crippen LogP contribution >= 0.6 is 0 Å². The van der Waals surface area contributed by atoms with Crippen molar-refractivity contribution < 1.29 is 56.1 Å². The molecule has 0 spiro atoms. The van der Waals surface area contributed by atoms with Crippen LogP contribution in [0.3, 0.4) is 0 Å². The Morgan fingerprint density at radius 1 is 0.824 bits per heavy atom. The van der Waals surface area contributed by atoms with Gasteiger partial charge in [-0.2, -0.15) is 7.11 Å². The monoisotopic (exact) mass is 252 g/mol. The quantitative estimate of drug-likeness (QED) is 0.581. The van der Waals surface area contributed by atoms with E-state index in [4.69, 9.17) is 4.74 Å². The summed E-state index contributed by atoms with van der Waals surface area (Å²) < 4.78 is 4.87. The van der Waals surface area contributed by atoms with Crippen molar-refractivity contribution in [2.75, 3.05) is 0 Å². The third kappa shape index (κ3) is 4.57. The molecule has 17 heavy (non-hydrogen) atoms. The maximum absolute atomic E-state index is 4.87. The van der Waals surface area contributed by atoms with Crippen molar-refractivity contribution in [3.63, 3.8) is 0 Å². The van der Waals surface area contributed by atoms with Gasteiger partial charge in [0, 0.05) is 0 Å². The Morgan fingerprint density at radius 3 is 1.65 bits per heavy atom. The summed E-state index contributed by atoms with van der Waals surface area (Å²) in [4.78, 5) is 0. The molecule has 0 bridgehead atoms. The molecule has 0 heterocycles. The molecule has 0 unspecified atom stereocenters. The SMILES string of the molecule is C.[CH2-]Oc1ccc(-c2ccc(C)cc2)cc1.[K+]. The van der Waals surface area contributed by atoms with Gasteiger partial charge >= 0.3 is 51.4 Å². The largest absolute Gasteiger partial charge is 1.00 e. The van der Waals surface area contributed by atoms with Crippen LogP contribution in [0, 0.1) is 14.0 Å². The molecule has 2 heteroatoms. The number of hydrogen-bond acceptors (Lipinski definition) is 1. The third-order valence-electron chi connectivity index (χ3n) is 2.41. The molecule has 0 fully saturated rings. The Hall–Kier alpha value is -0.124. The molecule has 0 amide bonds. The van der Waals surface area contributed by atoms with E-state index in [1.54, 1.807) is 0 Å². The van der Waals surface area contributed by atoms with Gasteiger partial charge < -0.3 is 4.74 Å². The number of hydrogen-bond donors (Lipinski definition) is 0. The fraction of sp³-hybridized carbons (Fsp3) is 0.133. The van der Waals surface area contributed by atoms with Gasteiger partial charge in [0.2, 0.25) is 0 Å². The average molecular weight is 252 g/mol. The van der Waals surface area contributed by atoms with Gasteiger partial charge in [0.25, 0.3) is 0 Å². The number of aryl methyl sites for hydroxylation is 1. The summed E-state index contributed by atoms with van der Waals surface area (Å²) in [5.74, 6) is 0.783. The third-order valence-corrected chi connectivity index (χ3v) is 2.41. The van der Waals surface area contributed by atoms with Crippen molar-refractivity contribution in [2.24, 2.45) is 0 Å². The predicted molar refractivity (Wildman–Crippen MR) is 69.3 cm³/mol. The Kier molecular flexibility index (Phi) is 8.00. The fourth-order valence-corrected chi connectivity index (χ4v) is 1.49. The van der Waals surface area contributed by atoms with E-state index >= 15 is 0 Å². The van der Waals surface area contributed by atoms with Crippen LogP contribution in [0.2, 0.25) is 0 Å². The molecule has 1 nitrogen and oxygen atoms in total. The Labute approximate surface area is 147 Å². The fourth-order valence-electron chi connectivity index (χ4n) is 1.49. The molecule has 0 aliphatic rings. The zero-order chi connectivity index (χ0) is 10.7. The maximum atomic E-state index is 4.87. The second-order valence-electron chi connectivity index (χ2n) is 3.53. The van der Waals surface area contributed by atoms with Crippen LogP contribution in [-0.4, -0.2) is 0 Å². The molecular weight excluding hydrogens is 235 g/mol. The van der Waals surface area contributed by atoms with Crippen molar-refractivity contribution >= 4 is 0 Å². The van der Waals surface area contributed by atoms with Crippen molar-refractivity contribution in [1.82, 2.24) is 0 Å². The first-order valence-corrected chi connectivity index (χ1v) is 4.89. The van der Waals surface area contributed by atoms with Gasteiger partial charge in [0.15, 0.2) is 0 Å². The van der Waals surface area contributed by atoms with Crippen LogP contribution in [0.5, 0.6) is 5.75 Å². The summed E-state index contributed by atoms with van der Waals surface area (Å²) in [5.41, 5.74) is 3.68. The molecule has 84 valence electrons. The van der Waals surface area contributed by atoms with Gasteiger partial charge in [-0.15, -0.1) is 0 Å². The number of ether oxygens (including phenoxy) is 1. The van der Waals surface area contributed by atoms with Crippen molar-refractivity contribution in [1.29, 1.82) is 0 Å². The Bertz CT molecular complexity index is 431.